The predicted octanol–water partition coefficient (Wildman–Crippen LogP) is 3.15. The fraction of sp³-hybridized carbons (Fsp3) is 0.269. The summed E-state index contributed by atoms with van der Waals surface area (Å²) in [6.45, 7) is 2.04. The third kappa shape index (κ3) is 5.93. The maximum Gasteiger partial charge on any atom is 0.337 e. The summed E-state index contributed by atoms with van der Waals surface area (Å²) >= 11 is 0.987. The van der Waals surface area contributed by atoms with E-state index in [2.05, 4.69) is 16.7 Å². The van der Waals surface area contributed by atoms with Crippen molar-refractivity contribution in [2.45, 2.75) is 19.3 Å². The van der Waals surface area contributed by atoms with Crippen LogP contribution in [-0.2, 0) is 30.3 Å². The second-order valence-corrected chi connectivity index (χ2v) is 8.81. The lowest BCUT2D eigenvalue weighted by Crippen LogP contribution is -2.44. The first-order valence-electron chi connectivity index (χ1n) is 11.1. The number of hydrogen-bond acceptors (Lipinski definition) is 8. The summed E-state index contributed by atoms with van der Waals surface area (Å²) < 4.78 is 9.53. The van der Waals surface area contributed by atoms with Crippen LogP contribution in [0.1, 0.15) is 34.3 Å². The van der Waals surface area contributed by atoms with E-state index in [4.69, 9.17) is 9.47 Å². The first-order valence-corrected chi connectivity index (χ1v) is 12.0. The Morgan fingerprint density at radius 3 is 2.28 bits per heavy atom. The zero-order valence-corrected chi connectivity index (χ0v) is 20.8. The molecule has 2 N–H and O–H groups in total. The summed E-state index contributed by atoms with van der Waals surface area (Å²) in [5.74, 6) is -4.68. The van der Waals surface area contributed by atoms with Gasteiger partial charge in [0.2, 0.25) is 11.8 Å². The molecule has 3 rings (SSSR count). The number of anilines is 1. The van der Waals surface area contributed by atoms with Crippen molar-refractivity contribution in [1.29, 1.82) is 5.26 Å². The number of benzene rings is 2. The molecule has 0 aliphatic carbocycles. The zero-order valence-electron chi connectivity index (χ0n) is 20.0. The lowest BCUT2D eigenvalue weighted by atomic mass is 9.78. The highest BCUT2D eigenvalue weighted by atomic mass is 32.2. The van der Waals surface area contributed by atoms with Gasteiger partial charge >= 0.3 is 11.9 Å². The van der Waals surface area contributed by atoms with Gasteiger partial charge in [-0.1, -0.05) is 43.0 Å². The molecule has 186 valence electrons. The minimum absolute atomic E-state index is 0.0762. The van der Waals surface area contributed by atoms with Crippen LogP contribution in [0.4, 0.5) is 5.69 Å². The van der Waals surface area contributed by atoms with Gasteiger partial charge in [-0.15, -0.1) is 0 Å². The number of carbonyl (C=O) groups is 4. The second kappa shape index (κ2) is 12.0. The molecule has 0 unspecified atom stereocenters. The third-order valence-corrected chi connectivity index (χ3v) is 6.69. The molecule has 36 heavy (non-hydrogen) atoms. The van der Waals surface area contributed by atoms with E-state index in [1.54, 1.807) is 24.3 Å². The average molecular weight is 508 g/mol. The van der Waals surface area contributed by atoms with Crippen molar-refractivity contribution in [1.82, 2.24) is 5.32 Å². The number of nitrogens with zero attached hydrogens (tertiary/aromatic N) is 1. The van der Waals surface area contributed by atoms with Gasteiger partial charge in [-0.25, -0.2) is 4.79 Å². The van der Waals surface area contributed by atoms with Crippen LogP contribution < -0.4 is 10.6 Å². The van der Waals surface area contributed by atoms with Crippen LogP contribution in [0.5, 0.6) is 0 Å². The van der Waals surface area contributed by atoms with Crippen LogP contribution in [0.2, 0.25) is 0 Å². The highest BCUT2D eigenvalue weighted by molar-refractivity contribution is 8.03. The minimum Gasteiger partial charge on any atom is -0.468 e. The van der Waals surface area contributed by atoms with Crippen molar-refractivity contribution in [2.75, 3.05) is 25.3 Å². The quantitative estimate of drug-likeness (QED) is 0.411. The highest BCUT2D eigenvalue weighted by Gasteiger charge is 2.44. The number of rotatable bonds is 8. The van der Waals surface area contributed by atoms with Gasteiger partial charge in [0.1, 0.15) is 5.92 Å². The van der Waals surface area contributed by atoms with E-state index in [0.29, 0.717) is 11.3 Å². The Kier molecular flexibility index (Phi) is 8.86. The summed E-state index contributed by atoms with van der Waals surface area (Å²) in [7, 11) is 2.41. The number of thioether (sulfide) groups is 1. The van der Waals surface area contributed by atoms with Crippen molar-refractivity contribution in [3.63, 3.8) is 0 Å². The van der Waals surface area contributed by atoms with E-state index in [9.17, 15) is 24.4 Å². The summed E-state index contributed by atoms with van der Waals surface area (Å²) in [5, 5.41) is 15.5. The summed E-state index contributed by atoms with van der Waals surface area (Å²) in [5.41, 5.74) is 2.62. The smallest absolute Gasteiger partial charge is 0.337 e. The van der Waals surface area contributed by atoms with E-state index >= 15 is 0 Å². The summed E-state index contributed by atoms with van der Waals surface area (Å²) in [6.07, 6.45) is 0.883. The van der Waals surface area contributed by atoms with E-state index in [-0.39, 0.29) is 27.8 Å². The molecule has 0 aromatic heterocycles. The summed E-state index contributed by atoms with van der Waals surface area (Å²) in [6, 6.07) is 15.6. The molecular weight excluding hydrogens is 482 g/mol. The fourth-order valence-corrected chi connectivity index (χ4v) is 4.63. The van der Waals surface area contributed by atoms with Crippen LogP contribution in [0.3, 0.4) is 0 Å². The normalized spacial score (nSPS) is 17.0. The van der Waals surface area contributed by atoms with E-state index < -0.39 is 29.7 Å². The maximum atomic E-state index is 12.9. The molecule has 0 bridgehead atoms. The number of nitrogens with one attached hydrogen (secondary N) is 2. The van der Waals surface area contributed by atoms with Crippen molar-refractivity contribution in [2.24, 2.45) is 5.92 Å². The molecule has 0 fully saturated rings. The minimum atomic E-state index is -1.32. The Labute approximate surface area is 212 Å². The predicted molar refractivity (Wildman–Crippen MR) is 134 cm³/mol. The molecule has 0 saturated carbocycles. The van der Waals surface area contributed by atoms with Gasteiger partial charge in [0, 0.05) is 11.6 Å². The van der Waals surface area contributed by atoms with Crippen LogP contribution >= 0.6 is 11.8 Å². The fourth-order valence-electron chi connectivity index (χ4n) is 3.78. The van der Waals surface area contributed by atoms with Gasteiger partial charge in [-0.3, -0.25) is 14.4 Å². The zero-order chi connectivity index (χ0) is 26.2. The van der Waals surface area contributed by atoms with Crippen LogP contribution in [0.15, 0.2) is 59.1 Å². The van der Waals surface area contributed by atoms with Gasteiger partial charge in [0.15, 0.2) is 0 Å². The van der Waals surface area contributed by atoms with Gasteiger partial charge in [0.25, 0.3) is 0 Å². The number of aryl methyl sites for hydroxylation is 1. The van der Waals surface area contributed by atoms with Gasteiger partial charge in [-0.2, -0.15) is 5.26 Å². The number of ether oxygens (including phenoxy) is 2. The number of hydrogen-bond donors (Lipinski definition) is 2. The van der Waals surface area contributed by atoms with Crippen molar-refractivity contribution in [3.8, 4) is 6.07 Å². The third-order valence-electron chi connectivity index (χ3n) is 5.67. The maximum absolute atomic E-state index is 12.9. The lowest BCUT2D eigenvalue weighted by Gasteiger charge is -2.31. The Balaban J connectivity index is 1.88. The van der Waals surface area contributed by atoms with Crippen molar-refractivity contribution >= 4 is 41.2 Å². The van der Waals surface area contributed by atoms with Gasteiger partial charge in [-0.05, 0) is 41.8 Å². The van der Waals surface area contributed by atoms with E-state index in [1.165, 1.54) is 19.2 Å². The number of amides is 2. The second-order valence-electron chi connectivity index (χ2n) is 7.82. The first-order chi connectivity index (χ1) is 17.3. The Morgan fingerprint density at radius 2 is 1.72 bits per heavy atom. The number of allylic oxidation sites excluding steroid dienone is 1. The standard InChI is InChI=1S/C26H25N3O6S/c1-4-15-5-11-18(12-6-15)28-20(30)14-36-24-19(13-27)21(22(23(31)29-24)26(33)35-3)16-7-9-17(10-8-16)25(32)34-2/h5-12,21-22H,4,14H2,1-3H3,(H,28,30)(H,29,31)/t21-,22-/m0/s1. The molecule has 0 spiro atoms. The van der Waals surface area contributed by atoms with E-state index in [0.717, 1.165) is 30.9 Å². The molecule has 2 aromatic rings. The monoisotopic (exact) mass is 507 g/mol. The van der Waals surface area contributed by atoms with Gasteiger partial charge < -0.3 is 20.1 Å². The van der Waals surface area contributed by atoms with Crippen LogP contribution in [-0.4, -0.2) is 43.7 Å². The Morgan fingerprint density at radius 1 is 1.06 bits per heavy atom. The van der Waals surface area contributed by atoms with Crippen molar-refractivity contribution < 1.29 is 28.7 Å². The number of methoxy groups -OCH3 is 2. The average Bonchev–Trinajstić information content (AvgIpc) is 2.91. The molecule has 9 nitrogen and oxygen atoms in total. The Hall–Kier alpha value is -4.10. The Bertz CT molecular complexity index is 1230. The van der Waals surface area contributed by atoms with Crippen molar-refractivity contribution in [3.05, 3.63) is 75.8 Å². The molecule has 1 heterocycles. The first kappa shape index (κ1) is 26.5. The number of nitriles is 1. The molecule has 2 amide bonds. The molecule has 1 aliphatic rings. The molecular formula is C26H25N3O6S. The molecule has 10 heteroatoms. The SMILES string of the molecule is CCc1ccc(NC(=O)CSC2=C(C#N)[C@H](c3ccc(C(=O)OC)cc3)[C@H](C(=O)OC)C(=O)N2)cc1. The van der Waals surface area contributed by atoms with Crippen LogP contribution in [0, 0.1) is 17.2 Å². The number of carbonyl (C=O) groups excluding carboxylic acids is 4. The molecule has 2 atom stereocenters. The van der Waals surface area contributed by atoms with E-state index in [1.807, 2.05) is 19.1 Å². The topological polar surface area (TPSA) is 135 Å². The molecule has 0 radical (unpaired) electrons. The summed E-state index contributed by atoms with van der Waals surface area (Å²) in [4.78, 5) is 49.7. The molecule has 0 saturated heterocycles. The molecule has 2 aromatic carbocycles. The van der Waals surface area contributed by atoms with Crippen LogP contribution in [0.25, 0.3) is 0 Å². The highest BCUT2D eigenvalue weighted by Crippen LogP contribution is 2.40. The largest absolute Gasteiger partial charge is 0.468 e. The lowest BCUT2D eigenvalue weighted by molar-refractivity contribution is -0.150. The number of esters is 2. The molecule has 1 aliphatic heterocycles. The van der Waals surface area contributed by atoms with Gasteiger partial charge in [0.05, 0.1) is 42.2 Å².